The van der Waals surface area contributed by atoms with Gasteiger partial charge >= 0.3 is 62.5 Å². The predicted octanol–water partition coefficient (Wildman–Crippen LogP) is -6.94. The van der Waals surface area contributed by atoms with E-state index in [4.69, 9.17) is 19.2 Å². The molecule has 0 aliphatic rings. The zero-order valence-corrected chi connectivity index (χ0v) is 6.29. The van der Waals surface area contributed by atoms with Crippen LogP contribution in [-0.4, -0.2) is 52.1 Å². The standard InChI is InChI=1S/Na.H4O4Si.Sn.5H/c;1-5(2,3)4;;;;;;/h;1-4H;;;;;;/q+1;;;;;;;-1. The summed E-state index contributed by atoms with van der Waals surface area (Å²) in [5.74, 6) is 0. The first kappa shape index (κ1) is 15.9. The van der Waals surface area contributed by atoms with Crippen molar-refractivity contribution in [3.05, 3.63) is 0 Å². The minimum absolute atomic E-state index is 0. The Bertz CT molecular complexity index is 31.5. The van der Waals surface area contributed by atoms with Crippen LogP contribution in [0, 0.1) is 0 Å². The summed E-state index contributed by atoms with van der Waals surface area (Å²) in [7, 11) is -4.61. The molecule has 0 aromatic heterocycles. The van der Waals surface area contributed by atoms with Gasteiger partial charge in [0.25, 0.3) is 0 Å². The maximum absolute atomic E-state index is 7.33. The van der Waals surface area contributed by atoms with E-state index in [1.807, 2.05) is 0 Å². The topological polar surface area (TPSA) is 80.9 Å². The van der Waals surface area contributed by atoms with E-state index in [-0.39, 0.29) is 54.9 Å². The Kier molecular flexibility index (Phi) is 13.6. The van der Waals surface area contributed by atoms with Gasteiger partial charge in [-0.25, -0.2) is 0 Å². The van der Waals surface area contributed by atoms with Crippen molar-refractivity contribution in [2.45, 2.75) is 0 Å². The van der Waals surface area contributed by atoms with Crippen LogP contribution in [0.25, 0.3) is 0 Å². The zero-order chi connectivity index (χ0) is 4.50. The van der Waals surface area contributed by atoms with E-state index >= 15 is 0 Å². The second-order valence-electron chi connectivity index (χ2n) is 0.600. The molecule has 4 N–H and O–H groups in total. The van der Waals surface area contributed by atoms with Gasteiger partial charge in [-0.05, 0) is 0 Å². The molecule has 0 aromatic rings. The molecule has 7 heteroatoms. The fourth-order valence-corrected chi connectivity index (χ4v) is 0. The molecular weight excluding hydrogens is 234 g/mol. The molecule has 0 heterocycles. The SMILES string of the molecule is O[Si](O)(O)O.[H-].[Na+].[SnH4]. The van der Waals surface area contributed by atoms with Crippen molar-refractivity contribution in [1.29, 1.82) is 0 Å². The number of rotatable bonds is 0. The Morgan fingerprint density at radius 2 is 1.00 bits per heavy atom. The van der Waals surface area contributed by atoms with Crippen LogP contribution < -0.4 is 29.6 Å². The Morgan fingerprint density at radius 1 is 1.00 bits per heavy atom. The maximum atomic E-state index is 7.33. The van der Waals surface area contributed by atoms with Crippen molar-refractivity contribution in [2.75, 3.05) is 0 Å². The van der Waals surface area contributed by atoms with Crippen LogP contribution in [0.15, 0.2) is 0 Å². The van der Waals surface area contributed by atoms with Crippen LogP contribution in [0.5, 0.6) is 0 Å². The molecule has 0 radical (unpaired) electrons. The Hall–Kier alpha value is 1.86. The van der Waals surface area contributed by atoms with Gasteiger partial charge in [0.2, 0.25) is 0 Å². The van der Waals surface area contributed by atoms with Gasteiger partial charge in [-0.15, -0.1) is 0 Å². The van der Waals surface area contributed by atoms with Crippen molar-refractivity contribution >= 4 is 33.0 Å². The van der Waals surface area contributed by atoms with Crippen molar-refractivity contribution in [3.63, 3.8) is 0 Å². The molecule has 0 saturated heterocycles. The summed E-state index contributed by atoms with van der Waals surface area (Å²) < 4.78 is 0. The van der Waals surface area contributed by atoms with E-state index < -0.39 is 9.05 Å². The van der Waals surface area contributed by atoms with E-state index in [1.165, 1.54) is 0 Å². The average molecular weight is 243 g/mol. The Balaban J connectivity index is -0.0000000267. The summed E-state index contributed by atoms with van der Waals surface area (Å²) in [6, 6.07) is 0. The molecule has 0 atom stereocenters. The van der Waals surface area contributed by atoms with Gasteiger partial charge in [0.1, 0.15) is 0 Å². The first-order chi connectivity index (χ1) is 2.00. The fraction of sp³-hybridized carbons (Fsp3) is 0. The first-order valence-electron chi connectivity index (χ1n) is 0.894. The third-order valence-electron chi connectivity index (χ3n) is 0. The van der Waals surface area contributed by atoms with Crippen molar-refractivity contribution in [1.82, 2.24) is 0 Å². The van der Waals surface area contributed by atoms with E-state index in [0.29, 0.717) is 0 Å². The molecule has 0 bridgehead atoms. The third kappa shape index (κ3) is 78.2. The predicted molar refractivity (Wildman–Crippen MR) is 27.1 cm³/mol. The quantitative estimate of drug-likeness (QED) is 0.319. The minimum atomic E-state index is -4.61. The van der Waals surface area contributed by atoms with Gasteiger partial charge in [-0.2, -0.15) is 0 Å². The monoisotopic (exact) mass is 244 g/mol. The second kappa shape index (κ2) is 5.98. The number of hydrogen-bond acceptors (Lipinski definition) is 4. The normalized spacial score (nSPS) is 8.57. The van der Waals surface area contributed by atoms with Crippen molar-refractivity contribution < 1.29 is 50.2 Å². The molecule has 0 aliphatic heterocycles. The van der Waals surface area contributed by atoms with Crippen LogP contribution in [-0.2, 0) is 0 Å². The number of hydrogen-bond donors (Lipinski definition) is 4. The van der Waals surface area contributed by atoms with Crippen LogP contribution in [0.4, 0.5) is 0 Å². The molecule has 0 amide bonds. The molecule has 7 heavy (non-hydrogen) atoms. The van der Waals surface area contributed by atoms with Gasteiger partial charge in [-0.3, -0.25) is 0 Å². The molecule has 0 spiro atoms. The molecular formula is H9NaO4SiSn. The van der Waals surface area contributed by atoms with E-state index in [0.717, 1.165) is 0 Å². The Morgan fingerprint density at radius 3 is 1.00 bits per heavy atom. The molecule has 0 fully saturated rings. The van der Waals surface area contributed by atoms with Crippen LogP contribution >= 0.6 is 0 Å². The van der Waals surface area contributed by atoms with Crippen LogP contribution in [0.2, 0.25) is 0 Å². The van der Waals surface area contributed by atoms with E-state index in [2.05, 4.69) is 0 Å². The van der Waals surface area contributed by atoms with Crippen molar-refractivity contribution in [2.24, 2.45) is 0 Å². The van der Waals surface area contributed by atoms with Gasteiger partial charge < -0.3 is 20.6 Å². The zero-order valence-electron chi connectivity index (χ0n) is 4.29. The van der Waals surface area contributed by atoms with Gasteiger partial charge in [0.05, 0.1) is 0 Å². The Labute approximate surface area is 82.4 Å². The molecule has 0 aliphatic carbocycles. The van der Waals surface area contributed by atoms with E-state index in [9.17, 15) is 0 Å². The third-order valence-corrected chi connectivity index (χ3v) is 0. The molecule has 42 valence electrons. The molecule has 0 saturated carbocycles. The first-order valence-corrected chi connectivity index (χ1v) is 2.68. The summed E-state index contributed by atoms with van der Waals surface area (Å²) in [5, 5.41) is 0. The average Bonchev–Trinajstić information content (AvgIpc) is 0.722. The molecule has 0 rings (SSSR count). The van der Waals surface area contributed by atoms with Gasteiger partial charge in [-0.1, -0.05) is 0 Å². The summed E-state index contributed by atoms with van der Waals surface area (Å²) in [6.07, 6.45) is 0. The van der Waals surface area contributed by atoms with Crippen LogP contribution in [0.3, 0.4) is 0 Å². The molecule has 4 nitrogen and oxygen atoms in total. The van der Waals surface area contributed by atoms with E-state index in [1.54, 1.807) is 0 Å². The summed E-state index contributed by atoms with van der Waals surface area (Å²) in [4.78, 5) is 29.3. The summed E-state index contributed by atoms with van der Waals surface area (Å²) >= 11 is 0. The van der Waals surface area contributed by atoms with Gasteiger partial charge in [0.15, 0.2) is 0 Å². The van der Waals surface area contributed by atoms with Gasteiger partial charge in [0, 0.05) is 0 Å². The van der Waals surface area contributed by atoms with Crippen molar-refractivity contribution in [3.8, 4) is 0 Å². The second-order valence-corrected chi connectivity index (χ2v) is 1.80. The fourth-order valence-electron chi connectivity index (χ4n) is 0. The summed E-state index contributed by atoms with van der Waals surface area (Å²) in [6.45, 7) is 0. The summed E-state index contributed by atoms with van der Waals surface area (Å²) in [5.41, 5.74) is 0. The molecule has 0 unspecified atom stereocenters. The van der Waals surface area contributed by atoms with Crippen LogP contribution in [0.1, 0.15) is 1.43 Å². The molecule has 0 aromatic carbocycles.